The molecule has 10 heteroatoms. The van der Waals surface area contributed by atoms with Crippen LogP contribution in [0.4, 0.5) is 10.2 Å². The van der Waals surface area contributed by atoms with Gasteiger partial charge in [0, 0.05) is 17.6 Å². The molecule has 5 N–H and O–H groups in total. The molecule has 1 fully saturated rings. The van der Waals surface area contributed by atoms with E-state index < -0.39 is 11.5 Å². The van der Waals surface area contributed by atoms with Crippen molar-refractivity contribution >= 4 is 39.2 Å². The second-order valence-corrected chi connectivity index (χ2v) is 10.3. The zero-order chi connectivity index (χ0) is 25.9. The van der Waals surface area contributed by atoms with Crippen LogP contribution < -0.4 is 11.1 Å². The quantitative estimate of drug-likeness (QED) is 0.296. The number of rotatable bonds is 6. The van der Waals surface area contributed by atoms with Gasteiger partial charge in [-0.3, -0.25) is 14.8 Å². The van der Waals surface area contributed by atoms with Crippen molar-refractivity contribution in [3.05, 3.63) is 82.0 Å². The monoisotopic (exact) mass is 509 g/mol. The lowest BCUT2D eigenvalue weighted by atomic mass is 9.96. The number of halogens is 1. The minimum atomic E-state index is -1.00. The van der Waals surface area contributed by atoms with E-state index in [0.717, 1.165) is 36.5 Å². The number of nitrogens with zero attached hydrogens (tertiary/aromatic N) is 2. The van der Waals surface area contributed by atoms with Crippen molar-refractivity contribution in [1.82, 2.24) is 15.1 Å². The van der Waals surface area contributed by atoms with Crippen LogP contribution in [0, 0.1) is 5.82 Å². The van der Waals surface area contributed by atoms with Gasteiger partial charge in [0.2, 0.25) is 0 Å². The van der Waals surface area contributed by atoms with Crippen LogP contribution in [-0.4, -0.2) is 45.2 Å². The Hall–Kier alpha value is -3.60. The van der Waals surface area contributed by atoms with Gasteiger partial charge in [-0.25, -0.2) is 9.18 Å². The summed E-state index contributed by atoms with van der Waals surface area (Å²) in [5.74, 6) is -1.09. The molecule has 5 rings (SSSR count). The lowest BCUT2D eigenvalue weighted by Crippen LogP contribution is -2.36. The number of fused-ring (bicyclic) bond motifs is 1. The number of aromatic amines is 1. The number of carbonyl (C=O) groups excluding carboxylic acids is 1. The zero-order valence-electron chi connectivity index (χ0n) is 20.0. The van der Waals surface area contributed by atoms with Crippen LogP contribution in [0.1, 0.15) is 51.4 Å². The number of hydrogen-bond donors (Lipinski definition) is 4. The molecule has 1 aliphatic rings. The molecule has 1 aliphatic heterocycles. The molecule has 0 unspecified atom stereocenters. The van der Waals surface area contributed by atoms with Crippen LogP contribution in [-0.2, 0) is 12.1 Å². The van der Waals surface area contributed by atoms with E-state index in [1.807, 2.05) is 32.0 Å². The Balaban J connectivity index is 0.000000233. The third-order valence-electron chi connectivity index (χ3n) is 5.84. The summed E-state index contributed by atoms with van der Waals surface area (Å²) in [7, 11) is 0. The summed E-state index contributed by atoms with van der Waals surface area (Å²) >= 11 is 1.07. The fourth-order valence-corrected chi connectivity index (χ4v) is 4.48. The lowest BCUT2D eigenvalue weighted by molar-refractivity contribution is 0.0702. The summed E-state index contributed by atoms with van der Waals surface area (Å²) in [5, 5.41) is 19.2. The van der Waals surface area contributed by atoms with Crippen molar-refractivity contribution in [3.63, 3.8) is 0 Å². The number of carboxylic acids is 1. The molecule has 2 aromatic heterocycles. The van der Waals surface area contributed by atoms with Crippen molar-refractivity contribution in [3.8, 4) is 0 Å². The van der Waals surface area contributed by atoms with Crippen molar-refractivity contribution in [2.45, 2.75) is 32.4 Å². The number of likely N-dealkylation sites (tertiary alicyclic amines) is 1. The van der Waals surface area contributed by atoms with Gasteiger partial charge >= 0.3 is 5.97 Å². The van der Waals surface area contributed by atoms with Gasteiger partial charge in [-0.05, 0) is 74.8 Å². The summed E-state index contributed by atoms with van der Waals surface area (Å²) in [6, 6.07) is 15.4. The predicted molar refractivity (Wildman–Crippen MR) is 139 cm³/mol. The molecule has 1 amide bonds. The molecule has 8 nitrogen and oxygen atoms in total. The van der Waals surface area contributed by atoms with Crippen LogP contribution in [0.25, 0.3) is 10.2 Å². The predicted octanol–water partition coefficient (Wildman–Crippen LogP) is 4.80. The fourth-order valence-electron chi connectivity index (χ4n) is 3.65. The van der Waals surface area contributed by atoms with Crippen molar-refractivity contribution in [2.75, 3.05) is 18.4 Å². The van der Waals surface area contributed by atoms with Crippen molar-refractivity contribution in [1.29, 1.82) is 0 Å². The average molecular weight is 510 g/mol. The minimum Gasteiger partial charge on any atom is -0.477 e. The fraction of sp³-hybridized carbons (Fsp3) is 0.269. The first-order valence-electron chi connectivity index (χ1n) is 11.5. The van der Waals surface area contributed by atoms with Crippen molar-refractivity contribution < 1.29 is 19.1 Å². The molecule has 188 valence electrons. The second-order valence-electron chi connectivity index (χ2n) is 9.25. The first-order valence-corrected chi connectivity index (χ1v) is 12.3. The maximum atomic E-state index is 12.6. The summed E-state index contributed by atoms with van der Waals surface area (Å²) in [4.78, 5) is 26.6. The second kappa shape index (κ2) is 10.6. The number of hydrogen-bond acceptors (Lipinski definition) is 6. The number of amides is 1. The number of carboxylic acid groups (broad SMARTS) is 1. The van der Waals surface area contributed by atoms with E-state index in [1.165, 1.54) is 30.2 Å². The number of aromatic carboxylic acids is 1. The van der Waals surface area contributed by atoms with E-state index >= 15 is 0 Å². The van der Waals surface area contributed by atoms with Crippen molar-refractivity contribution in [2.24, 2.45) is 5.73 Å². The van der Waals surface area contributed by atoms with Gasteiger partial charge in [-0.2, -0.15) is 5.10 Å². The number of carbonyl (C=O) groups is 2. The largest absolute Gasteiger partial charge is 0.477 e. The van der Waals surface area contributed by atoms with Gasteiger partial charge in [0.25, 0.3) is 5.91 Å². The van der Waals surface area contributed by atoms with Gasteiger partial charge in [-0.1, -0.05) is 24.3 Å². The first-order chi connectivity index (χ1) is 17.1. The van der Waals surface area contributed by atoms with Crippen LogP contribution in [0.15, 0.2) is 54.6 Å². The highest BCUT2D eigenvalue weighted by atomic mass is 32.1. The smallest absolute Gasteiger partial charge is 0.345 e. The number of thiophene rings is 1. The summed E-state index contributed by atoms with van der Waals surface area (Å²) < 4.78 is 12.6. The maximum Gasteiger partial charge on any atom is 0.345 e. The average Bonchev–Trinajstić information content (AvgIpc) is 3.39. The molecule has 0 aliphatic carbocycles. The normalized spacial score (nSPS) is 13.6. The highest BCUT2D eigenvalue weighted by Gasteiger charge is 2.17. The molecule has 0 saturated carbocycles. The molecule has 2 aromatic carbocycles. The van der Waals surface area contributed by atoms with Gasteiger partial charge < -0.3 is 16.2 Å². The molecule has 4 aromatic rings. The summed E-state index contributed by atoms with van der Waals surface area (Å²) in [5.41, 5.74) is 7.85. The number of anilines is 1. The third kappa shape index (κ3) is 6.14. The Morgan fingerprint density at radius 2 is 1.92 bits per heavy atom. The third-order valence-corrected chi connectivity index (χ3v) is 6.86. The maximum absolute atomic E-state index is 12.6. The molecular formula is C26H28FN5O3S. The Kier molecular flexibility index (Phi) is 7.48. The van der Waals surface area contributed by atoms with Crippen LogP contribution in [0.3, 0.4) is 0 Å². The number of aromatic nitrogens is 2. The van der Waals surface area contributed by atoms with Gasteiger partial charge in [0.1, 0.15) is 21.3 Å². The Morgan fingerprint density at radius 3 is 2.47 bits per heavy atom. The van der Waals surface area contributed by atoms with E-state index in [4.69, 9.17) is 10.8 Å². The first kappa shape index (κ1) is 25.5. The van der Waals surface area contributed by atoms with Gasteiger partial charge in [0.05, 0.1) is 5.39 Å². The molecular weight excluding hydrogens is 481 g/mol. The molecule has 36 heavy (non-hydrogen) atoms. The Morgan fingerprint density at radius 1 is 1.19 bits per heavy atom. The van der Waals surface area contributed by atoms with E-state index in [1.54, 1.807) is 18.2 Å². The Labute approximate surface area is 211 Å². The zero-order valence-corrected chi connectivity index (χ0v) is 20.9. The summed E-state index contributed by atoms with van der Waals surface area (Å²) in [6.07, 6.45) is 1.26. The standard InChI is InChI=1S/C17H16N4O3S.C9H12FN/c22-15(11-4-2-10(3-5-11)9-21-6-1-7-21)18-14-12-8-13(17(23)24)25-16(12)20-19-14;1-9(2,11)7-4-3-5-8(10)6-7/h2-5,8H,1,6-7,9H2,(H,23,24)(H2,18,19,20,22);3-6H,11H2,1-2H3. The molecule has 3 heterocycles. The number of nitrogens with two attached hydrogens (primary N) is 1. The van der Waals surface area contributed by atoms with E-state index in [-0.39, 0.29) is 16.6 Å². The van der Waals surface area contributed by atoms with E-state index in [2.05, 4.69) is 20.4 Å². The number of H-pyrrole nitrogens is 1. The molecule has 0 spiro atoms. The van der Waals surface area contributed by atoms with Crippen LogP contribution in [0.2, 0.25) is 0 Å². The molecule has 0 bridgehead atoms. The lowest BCUT2D eigenvalue weighted by Gasteiger charge is -2.30. The topological polar surface area (TPSA) is 124 Å². The van der Waals surface area contributed by atoms with Gasteiger partial charge in [-0.15, -0.1) is 11.3 Å². The van der Waals surface area contributed by atoms with Crippen LogP contribution >= 0.6 is 11.3 Å². The van der Waals surface area contributed by atoms with Crippen LogP contribution in [0.5, 0.6) is 0 Å². The van der Waals surface area contributed by atoms with E-state index in [9.17, 15) is 14.0 Å². The number of nitrogens with one attached hydrogen (secondary N) is 2. The number of benzene rings is 2. The molecule has 1 saturated heterocycles. The highest BCUT2D eigenvalue weighted by Crippen LogP contribution is 2.29. The van der Waals surface area contributed by atoms with Gasteiger partial charge in [0.15, 0.2) is 0 Å². The summed E-state index contributed by atoms with van der Waals surface area (Å²) in [6.45, 7) is 6.88. The molecule has 0 radical (unpaired) electrons. The Bertz CT molecular complexity index is 1370. The van der Waals surface area contributed by atoms with E-state index in [0.29, 0.717) is 21.6 Å². The highest BCUT2D eigenvalue weighted by molar-refractivity contribution is 7.20. The minimum absolute atomic E-state index is 0.192. The SMILES string of the molecule is CC(C)(N)c1cccc(F)c1.O=C(Nc1[nH]nc2sc(C(=O)O)cc12)c1ccc(CN2CCC2)cc1. The molecule has 0 atom stereocenters.